The summed E-state index contributed by atoms with van der Waals surface area (Å²) in [6.45, 7) is 12.4. The number of hydrogen-bond acceptors (Lipinski definition) is 4. The maximum absolute atomic E-state index is 10.5. The molecule has 1 heterocycles. The Kier molecular flexibility index (Phi) is 7.34. The maximum Gasteiger partial charge on any atom is 0.122 e. The van der Waals surface area contributed by atoms with Gasteiger partial charge in [0.25, 0.3) is 0 Å². The average molecular weight is 320 g/mol. The fraction of sp³-hybridized carbons (Fsp3) is 0.684. The lowest BCUT2D eigenvalue weighted by molar-refractivity contribution is 0.136. The monoisotopic (exact) mass is 320 g/mol. The third-order valence-electron chi connectivity index (χ3n) is 4.43. The van der Waals surface area contributed by atoms with Crippen molar-refractivity contribution in [3.05, 3.63) is 29.3 Å². The third kappa shape index (κ3) is 5.48. The number of hydrogen-bond donors (Lipinski definition) is 2. The van der Waals surface area contributed by atoms with E-state index in [-0.39, 0.29) is 0 Å². The summed E-state index contributed by atoms with van der Waals surface area (Å²) in [6, 6.07) is 6.16. The number of nitrogens with zero attached hydrogens (tertiary/aromatic N) is 1. The van der Waals surface area contributed by atoms with Crippen LogP contribution in [0.5, 0.6) is 5.75 Å². The minimum atomic E-state index is -0.400. The molecule has 1 aromatic rings. The van der Waals surface area contributed by atoms with Crippen LogP contribution in [0.1, 0.15) is 56.8 Å². The van der Waals surface area contributed by atoms with E-state index < -0.39 is 6.10 Å². The predicted octanol–water partition coefficient (Wildman–Crippen LogP) is 2.93. The smallest absolute Gasteiger partial charge is 0.122 e. The molecule has 4 heteroatoms. The van der Waals surface area contributed by atoms with Crippen molar-refractivity contribution in [1.29, 1.82) is 0 Å². The first-order valence-electron chi connectivity index (χ1n) is 8.99. The van der Waals surface area contributed by atoms with Gasteiger partial charge in [-0.3, -0.25) is 0 Å². The molecule has 1 fully saturated rings. The van der Waals surface area contributed by atoms with Gasteiger partial charge < -0.3 is 20.1 Å². The largest absolute Gasteiger partial charge is 0.493 e. The van der Waals surface area contributed by atoms with Gasteiger partial charge in [0.2, 0.25) is 0 Å². The number of rotatable bonds is 8. The van der Waals surface area contributed by atoms with Crippen molar-refractivity contribution in [2.24, 2.45) is 0 Å². The SMILES string of the molecule is CCCOc1ccc(C(O)CCN2CCNCC2)cc1C(C)C. The second-order valence-corrected chi connectivity index (χ2v) is 6.70. The summed E-state index contributed by atoms with van der Waals surface area (Å²) in [5.41, 5.74) is 2.20. The number of aliphatic hydroxyl groups is 1. The summed E-state index contributed by atoms with van der Waals surface area (Å²) in [5.74, 6) is 1.35. The van der Waals surface area contributed by atoms with Crippen molar-refractivity contribution in [3.63, 3.8) is 0 Å². The highest BCUT2D eigenvalue weighted by Crippen LogP contribution is 2.30. The molecule has 23 heavy (non-hydrogen) atoms. The number of piperazine rings is 1. The van der Waals surface area contributed by atoms with Crippen LogP contribution in [0.25, 0.3) is 0 Å². The van der Waals surface area contributed by atoms with Crippen molar-refractivity contribution in [2.75, 3.05) is 39.3 Å². The second-order valence-electron chi connectivity index (χ2n) is 6.70. The Labute approximate surface area is 140 Å². The van der Waals surface area contributed by atoms with Gasteiger partial charge >= 0.3 is 0 Å². The summed E-state index contributed by atoms with van der Waals surface area (Å²) < 4.78 is 5.84. The molecular weight excluding hydrogens is 288 g/mol. The highest BCUT2D eigenvalue weighted by atomic mass is 16.5. The zero-order valence-corrected chi connectivity index (χ0v) is 14.8. The van der Waals surface area contributed by atoms with E-state index in [1.165, 1.54) is 5.56 Å². The minimum absolute atomic E-state index is 0.391. The fourth-order valence-corrected chi connectivity index (χ4v) is 2.98. The summed E-state index contributed by atoms with van der Waals surface area (Å²) in [5, 5.41) is 13.9. The van der Waals surface area contributed by atoms with E-state index in [4.69, 9.17) is 4.74 Å². The molecule has 0 aromatic heterocycles. The Hall–Kier alpha value is -1.10. The topological polar surface area (TPSA) is 44.7 Å². The standard InChI is InChI=1S/C19H32N2O2/c1-4-13-23-19-6-5-16(14-17(19)15(2)3)18(22)7-10-21-11-8-20-9-12-21/h5-6,14-15,18,20,22H,4,7-13H2,1-3H3. The molecule has 1 aliphatic heterocycles. The van der Waals surface area contributed by atoms with Crippen LogP contribution in [-0.4, -0.2) is 49.3 Å². The number of ether oxygens (including phenoxy) is 1. The molecule has 2 N–H and O–H groups in total. The Morgan fingerprint density at radius 1 is 1.26 bits per heavy atom. The fourth-order valence-electron chi connectivity index (χ4n) is 2.98. The van der Waals surface area contributed by atoms with Gasteiger partial charge in [0.15, 0.2) is 0 Å². The number of benzene rings is 1. The third-order valence-corrected chi connectivity index (χ3v) is 4.43. The van der Waals surface area contributed by atoms with E-state index in [2.05, 4.69) is 37.1 Å². The van der Waals surface area contributed by atoms with E-state index in [1.807, 2.05) is 12.1 Å². The van der Waals surface area contributed by atoms with E-state index in [0.717, 1.165) is 63.5 Å². The van der Waals surface area contributed by atoms with Crippen molar-refractivity contribution < 1.29 is 9.84 Å². The average Bonchev–Trinajstić information content (AvgIpc) is 2.58. The lowest BCUT2D eigenvalue weighted by Gasteiger charge is -2.28. The lowest BCUT2D eigenvalue weighted by Crippen LogP contribution is -2.44. The molecule has 1 saturated heterocycles. The van der Waals surface area contributed by atoms with Crippen LogP contribution in [0.4, 0.5) is 0 Å². The van der Waals surface area contributed by atoms with Gasteiger partial charge in [0.05, 0.1) is 12.7 Å². The molecule has 0 bridgehead atoms. The van der Waals surface area contributed by atoms with Gasteiger partial charge in [-0.25, -0.2) is 0 Å². The minimum Gasteiger partial charge on any atom is -0.493 e. The molecule has 0 amide bonds. The van der Waals surface area contributed by atoms with Crippen LogP contribution in [0, 0.1) is 0 Å². The highest BCUT2D eigenvalue weighted by molar-refractivity contribution is 5.40. The first-order valence-corrected chi connectivity index (χ1v) is 8.99. The van der Waals surface area contributed by atoms with Gasteiger partial charge in [-0.15, -0.1) is 0 Å². The van der Waals surface area contributed by atoms with Crippen LogP contribution < -0.4 is 10.1 Å². The Morgan fingerprint density at radius 2 is 2.00 bits per heavy atom. The normalized spacial score (nSPS) is 17.4. The molecule has 1 aliphatic rings. The van der Waals surface area contributed by atoms with E-state index in [0.29, 0.717) is 5.92 Å². The molecule has 4 nitrogen and oxygen atoms in total. The predicted molar refractivity (Wildman–Crippen MR) is 95.2 cm³/mol. The maximum atomic E-state index is 10.5. The van der Waals surface area contributed by atoms with Crippen LogP contribution in [0.3, 0.4) is 0 Å². The molecule has 2 rings (SSSR count). The van der Waals surface area contributed by atoms with Gasteiger partial charge in [-0.1, -0.05) is 26.8 Å². The number of nitrogens with one attached hydrogen (secondary N) is 1. The zero-order valence-electron chi connectivity index (χ0n) is 14.8. The van der Waals surface area contributed by atoms with Gasteiger partial charge in [0.1, 0.15) is 5.75 Å². The molecule has 0 saturated carbocycles. The molecule has 0 spiro atoms. The van der Waals surface area contributed by atoms with E-state index in [1.54, 1.807) is 0 Å². The lowest BCUT2D eigenvalue weighted by atomic mass is 9.96. The summed E-state index contributed by atoms with van der Waals surface area (Å²) in [4.78, 5) is 2.42. The molecule has 0 radical (unpaired) electrons. The second kappa shape index (κ2) is 9.26. The van der Waals surface area contributed by atoms with Crippen molar-refractivity contribution in [2.45, 2.75) is 45.6 Å². The number of aliphatic hydroxyl groups excluding tert-OH is 1. The van der Waals surface area contributed by atoms with Crippen molar-refractivity contribution in [1.82, 2.24) is 10.2 Å². The molecule has 1 atom stereocenters. The van der Waals surface area contributed by atoms with Crippen LogP contribution in [0.15, 0.2) is 18.2 Å². The van der Waals surface area contributed by atoms with E-state index >= 15 is 0 Å². The van der Waals surface area contributed by atoms with Crippen LogP contribution in [0.2, 0.25) is 0 Å². The summed E-state index contributed by atoms with van der Waals surface area (Å²) in [6.07, 6.45) is 1.39. The summed E-state index contributed by atoms with van der Waals surface area (Å²) in [7, 11) is 0. The first kappa shape index (κ1) is 18.2. The van der Waals surface area contributed by atoms with Crippen LogP contribution >= 0.6 is 0 Å². The molecular formula is C19H32N2O2. The Morgan fingerprint density at radius 3 is 2.65 bits per heavy atom. The van der Waals surface area contributed by atoms with Crippen molar-refractivity contribution >= 4 is 0 Å². The molecule has 0 aliphatic carbocycles. The first-order chi connectivity index (χ1) is 11.1. The Bertz CT molecular complexity index is 470. The van der Waals surface area contributed by atoms with Gasteiger partial charge in [-0.2, -0.15) is 0 Å². The molecule has 130 valence electrons. The zero-order chi connectivity index (χ0) is 16.7. The molecule has 1 aromatic carbocycles. The van der Waals surface area contributed by atoms with Gasteiger partial charge in [0, 0.05) is 32.7 Å². The van der Waals surface area contributed by atoms with Gasteiger partial charge in [-0.05, 0) is 42.0 Å². The quantitative estimate of drug-likeness (QED) is 0.773. The van der Waals surface area contributed by atoms with Crippen molar-refractivity contribution in [3.8, 4) is 5.75 Å². The highest BCUT2D eigenvalue weighted by Gasteiger charge is 2.16. The van der Waals surface area contributed by atoms with E-state index in [9.17, 15) is 5.11 Å². The summed E-state index contributed by atoms with van der Waals surface area (Å²) >= 11 is 0. The van der Waals surface area contributed by atoms with Crippen LogP contribution in [-0.2, 0) is 0 Å². The Balaban J connectivity index is 1.98. The molecule has 1 unspecified atom stereocenters.